The molecule has 0 saturated heterocycles. The molecular formula is C16H25NO. The van der Waals surface area contributed by atoms with Gasteiger partial charge in [0.15, 0.2) is 0 Å². The van der Waals surface area contributed by atoms with Gasteiger partial charge in [0, 0.05) is 6.04 Å². The molecule has 1 aromatic carbocycles. The van der Waals surface area contributed by atoms with E-state index >= 15 is 0 Å². The number of aliphatic hydroxyl groups is 1. The summed E-state index contributed by atoms with van der Waals surface area (Å²) in [5.41, 5.74) is 1.19. The van der Waals surface area contributed by atoms with Gasteiger partial charge >= 0.3 is 0 Å². The summed E-state index contributed by atoms with van der Waals surface area (Å²) in [5.74, 6) is 1.51. The third-order valence-corrected chi connectivity index (χ3v) is 4.26. The van der Waals surface area contributed by atoms with Gasteiger partial charge in [0.25, 0.3) is 0 Å². The molecule has 4 unspecified atom stereocenters. The molecule has 0 radical (unpaired) electrons. The minimum Gasteiger partial charge on any atom is -0.394 e. The number of nitrogens with one attached hydrogen (secondary N) is 1. The second kappa shape index (κ2) is 6.35. The molecule has 0 aliphatic heterocycles. The third-order valence-electron chi connectivity index (χ3n) is 4.26. The normalized spacial score (nSPS) is 30.1. The van der Waals surface area contributed by atoms with Crippen LogP contribution in [0.5, 0.6) is 0 Å². The van der Waals surface area contributed by atoms with E-state index in [1.54, 1.807) is 0 Å². The van der Waals surface area contributed by atoms with Gasteiger partial charge in [-0.05, 0) is 30.2 Å². The van der Waals surface area contributed by atoms with Crippen LogP contribution in [0.1, 0.15) is 44.7 Å². The van der Waals surface area contributed by atoms with Crippen LogP contribution < -0.4 is 5.32 Å². The van der Waals surface area contributed by atoms with Crippen molar-refractivity contribution in [3.05, 3.63) is 35.9 Å². The molecule has 1 aliphatic carbocycles. The van der Waals surface area contributed by atoms with Crippen LogP contribution in [-0.2, 0) is 0 Å². The molecule has 0 spiro atoms. The van der Waals surface area contributed by atoms with Gasteiger partial charge in [0.1, 0.15) is 0 Å². The summed E-state index contributed by atoms with van der Waals surface area (Å²) in [4.78, 5) is 0. The maximum atomic E-state index is 9.60. The number of aliphatic hydroxyl groups excluding tert-OH is 1. The summed E-state index contributed by atoms with van der Waals surface area (Å²) in [6.07, 6.45) is 3.87. The van der Waals surface area contributed by atoms with Crippen LogP contribution in [0.25, 0.3) is 0 Å². The average Bonchev–Trinajstić information content (AvgIpc) is 2.41. The fourth-order valence-corrected chi connectivity index (χ4v) is 2.96. The van der Waals surface area contributed by atoms with Gasteiger partial charge in [-0.3, -0.25) is 0 Å². The van der Waals surface area contributed by atoms with Crippen LogP contribution in [-0.4, -0.2) is 17.8 Å². The second-order valence-corrected chi connectivity index (χ2v) is 5.81. The lowest BCUT2D eigenvalue weighted by Gasteiger charge is -2.36. The topological polar surface area (TPSA) is 32.3 Å². The Morgan fingerprint density at radius 1 is 1.22 bits per heavy atom. The molecule has 1 fully saturated rings. The van der Waals surface area contributed by atoms with Crippen molar-refractivity contribution in [1.82, 2.24) is 5.32 Å². The summed E-state index contributed by atoms with van der Waals surface area (Å²) in [7, 11) is 0. The molecule has 0 aromatic heterocycles. The van der Waals surface area contributed by atoms with E-state index in [0.717, 1.165) is 5.92 Å². The van der Waals surface area contributed by atoms with Gasteiger partial charge in [-0.25, -0.2) is 0 Å². The molecule has 0 bridgehead atoms. The number of benzene rings is 1. The lowest BCUT2D eigenvalue weighted by Crippen LogP contribution is -2.42. The molecule has 100 valence electrons. The quantitative estimate of drug-likeness (QED) is 0.856. The summed E-state index contributed by atoms with van der Waals surface area (Å²) in [5, 5.41) is 13.3. The first-order valence-corrected chi connectivity index (χ1v) is 7.12. The summed E-state index contributed by atoms with van der Waals surface area (Å²) in [6, 6.07) is 10.9. The molecular weight excluding hydrogens is 222 g/mol. The first-order chi connectivity index (χ1) is 8.70. The molecule has 1 aromatic rings. The Morgan fingerprint density at radius 3 is 2.61 bits per heavy atom. The number of hydrogen-bond donors (Lipinski definition) is 2. The Kier molecular flexibility index (Phi) is 4.79. The average molecular weight is 247 g/mol. The van der Waals surface area contributed by atoms with Gasteiger partial charge < -0.3 is 10.4 Å². The highest BCUT2D eigenvalue weighted by Gasteiger charge is 2.27. The van der Waals surface area contributed by atoms with Gasteiger partial charge in [-0.15, -0.1) is 0 Å². The van der Waals surface area contributed by atoms with Crippen LogP contribution in [0, 0.1) is 11.8 Å². The van der Waals surface area contributed by atoms with Crippen molar-refractivity contribution in [2.75, 3.05) is 6.61 Å². The highest BCUT2D eigenvalue weighted by molar-refractivity contribution is 5.19. The maximum absolute atomic E-state index is 9.60. The predicted octanol–water partition coefficient (Wildman–Crippen LogP) is 3.13. The Labute approximate surface area is 110 Å². The third kappa shape index (κ3) is 3.33. The van der Waals surface area contributed by atoms with Gasteiger partial charge in [-0.2, -0.15) is 0 Å². The lowest BCUT2D eigenvalue weighted by molar-refractivity contribution is 0.176. The Bertz CT molecular complexity index is 351. The molecule has 2 rings (SSSR count). The van der Waals surface area contributed by atoms with E-state index in [0.29, 0.717) is 12.0 Å². The zero-order valence-corrected chi connectivity index (χ0v) is 11.5. The fourth-order valence-electron chi connectivity index (χ4n) is 2.96. The monoisotopic (exact) mass is 247 g/mol. The van der Waals surface area contributed by atoms with Crippen molar-refractivity contribution in [1.29, 1.82) is 0 Å². The number of rotatable bonds is 4. The van der Waals surface area contributed by atoms with E-state index in [1.807, 2.05) is 18.2 Å². The molecule has 2 N–H and O–H groups in total. The summed E-state index contributed by atoms with van der Waals surface area (Å²) >= 11 is 0. The SMILES string of the molecule is CC1CCC(C)C(NC(CO)c2ccccc2)C1. The Morgan fingerprint density at radius 2 is 1.94 bits per heavy atom. The van der Waals surface area contributed by atoms with Crippen molar-refractivity contribution in [3.8, 4) is 0 Å². The zero-order chi connectivity index (χ0) is 13.0. The highest BCUT2D eigenvalue weighted by Crippen LogP contribution is 2.30. The minimum absolute atomic E-state index is 0.0731. The van der Waals surface area contributed by atoms with Crippen LogP contribution in [0.3, 0.4) is 0 Å². The molecule has 2 nitrogen and oxygen atoms in total. The van der Waals surface area contributed by atoms with E-state index in [-0.39, 0.29) is 12.6 Å². The molecule has 4 atom stereocenters. The van der Waals surface area contributed by atoms with Crippen LogP contribution in [0.4, 0.5) is 0 Å². The van der Waals surface area contributed by atoms with Crippen molar-refractivity contribution in [2.45, 2.75) is 45.2 Å². The van der Waals surface area contributed by atoms with Crippen LogP contribution in [0.15, 0.2) is 30.3 Å². The van der Waals surface area contributed by atoms with E-state index in [1.165, 1.54) is 24.8 Å². The Hall–Kier alpha value is -0.860. The standard InChI is InChI=1S/C16H25NO/c1-12-8-9-13(2)15(10-12)17-16(11-18)14-6-4-3-5-7-14/h3-7,12-13,15-18H,8-11H2,1-2H3. The smallest absolute Gasteiger partial charge is 0.0626 e. The van der Waals surface area contributed by atoms with Gasteiger partial charge in [-0.1, -0.05) is 50.6 Å². The van der Waals surface area contributed by atoms with E-state index in [4.69, 9.17) is 0 Å². The van der Waals surface area contributed by atoms with Crippen molar-refractivity contribution in [2.24, 2.45) is 11.8 Å². The fraction of sp³-hybridized carbons (Fsp3) is 0.625. The van der Waals surface area contributed by atoms with E-state index < -0.39 is 0 Å². The molecule has 2 heteroatoms. The van der Waals surface area contributed by atoms with Crippen LogP contribution >= 0.6 is 0 Å². The van der Waals surface area contributed by atoms with Crippen molar-refractivity contribution >= 4 is 0 Å². The molecule has 18 heavy (non-hydrogen) atoms. The minimum atomic E-state index is 0.0731. The molecule has 1 saturated carbocycles. The molecule has 0 amide bonds. The summed E-state index contributed by atoms with van der Waals surface area (Å²) < 4.78 is 0. The Balaban J connectivity index is 2.01. The predicted molar refractivity (Wildman–Crippen MR) is 75.4 cm³/mol. The zero-order valence-electron chi connectivity index (χ0n) is 11.5. The first kappa shape index (κ1) is 13.6. The summed E-state index contributed by atoms with van der Waals surface area (Å²) in [6.45, 7) is 4.82. The maximum Gasteiger partial charge on any atom is 0.0626 e. The molecule has 1 aliphatic rings. The highest BCUT2D eigenvalue weighted by atomic mass is 16.3. The first-order valence-electron chi connectivity index (χ1n) is 7.12. The van der Waals surface area contributed by atoms with Gasteiger partial charge in [0.2, 0.25) is 0 Å². The number of hydrogen-bond acceptors (Lipinski definition) is 2. The van der Waals surface area contributed by atoms with Gasteiger partial charge in [0.05, 0.1) is 12.6 Å². The van der Waals surface area contributed by atoms with Crippen molar-refractivity contribution in [3.63, 3.8) is 0 Å². The molecule has 0 heterocycles. The second-order valence-electron chi connectivity index (χ2n) is 5.81. The lowest BCUT2D eigenvalue weighted by atomic mass is 9.79. The van der Waals surface area contributed by atoms with Crippen molar-refractivity contribution < 1.29 is 5.11 Å². The van der Waals surface area contributed by atoms with E-state index in [2.05, 4.69) is 31.3 Å². The largest absolute Gasteiger partial charge is 0.394 e. The van der Waals surface area contributed by atoms with Crippen LogP contribution in [0.2, 0.25) is 0 Å². The van der Waals surface area contributed by atoms with E-state index in [9.17, 15) is 5.11 Å².